The lowest BCUT2D eigenvalue weighted by atomic mass is 10.1. The first-order chi connectivity index (χ1) is 7.05. The lowest BCUT2D eigenvalue weighted by Gasteiger charge is -2.10. The van der Waals surface area contributed by atoms with Gasteiger partial charge in [0.1, 0.15) is 0 Å². The Kier molecular flexibility index (Phi) is 3.51. The molecule has 0 fully saturated rings. The molecule has 80 valence electrons. The summed E-state index contributed by atoms with van der Waals surface area (Å²) in [7, 11) is 0. The molecule has 1 aromatic heterocycles. The van der Waals surface area contributed by atoms with Gasteiger partial charge in [-0.2, -0.15) is 13.2 Å². The van der Waals surface area contributed by atoms with Crippen LogP contribution in [-0.4, -0.2) is 11.5 Å². The van der Waals surface area contributed by atoms with E-state index in [2.05, 4.69) is 15.0 Å². The molecule has 0 atom stereocenters. The number of aromatic nitrogens is 1. The standard InChI is InChI=1S/C8H7F3N4/c9-8(10,11)6-2-1-4-13-7(6)3-5-14-15-12/h1-2,4H,3,5H2. The molecule has 7 heteroatoms. The van der Waals surface area contributed by atoms with Crippen molar-refractivity contribution in [2.24, 2.45) is 5.11 Å². The molecular formula is C8H7F3N4. The highest BCUT2D eigenvalue weighted by Crippen LogP contribution is 2.30. The molecule has 0 aliphatic carbocycles. The minimum atomic E-state index is -4.42. The van der Waals surface area contributed by atoms with Crippen LogP contribution in [0.1, 0.15) is 11.3 Å². The molecule has 0 aliphatic heterocycles. The number of alkyl halides is 3. The maximum atomic E-state index is 12.4. The molecule has 0 bridgehead atoms. The van der Waals surface area contributed by atoms with Gasteiger partial charge in [-0.25, -0.2) is 0 Å². The Morgan fingerprint density at radius 1 is 1.47 bits per heavy atom. The van der Waals surface area contributed by atoms with Crippen LogP contribution in [0.4, 0.5) is 13.2 Å². The van der Waals surface area contributed by atoms with Crippen molar-refractivity contribution >= 4 is 0 Å². The van der Waals surface area contributed by atoms with Gasteiger partial charge in [-0.3, -0.25) is 4.98 Å². The lowest BCUT2D eigenvalue weighted by Crippen LogP contribution is -2.11. The summed E-state index contributed by atoms with van der Waals surface area (Å²) in [4.78, 5) is 6.07. The second-order valence-electron chi connectivity index (χ2n) is 2.70. The van der Waals surface area contributed by atoms with Gasteiger partial charge < -0.3 is 0 Å². The van der Waals surface area contributed by atoms with Gasteiger partial charge in [0.2, 0.25) is 0 Å². The molecule has 1 aromatic rings. The maximum Gasteiger partial charge on any atom is 0.418 e. The number of hydrogen-bond acceptors (Lipinski definition) is 2. The van der Waals surface area contributed by atoms with Crippen LogP contribution in [0.15, 0.2) is 23.4 Å². The quantitative estimate of drug-likeness (QED) is 0.435. The van der Waals surface area contributed by atoms with Gasteiger partial charge in [-0.1, -0.05) is 5.11 Å². The zero-order valence-electron chi connectivity index (χ0n) is 7.57. The van der Waals surface area contributed by atoms with Gasteiger partial charge in [-0.05, 0) is 24.1 Å². The number of hydrogen-bond donors (Lipinski definition) is 0. The molecular weight excluding hydrogens is 209 g/mol. The largest absolute Gasteiger partial charge is 0.418 e. The highest BCUT2D eigenvalue weighted by atomic mass is 19.4. The van der Waals surface area contributed by atoms with Crippen molar-refractivity contribution in [2.45, 2.75) is 12.6 Å². The molecule has 4 nitrogen and oxygen atoms in total. The van der Waals surface area contributed by atoms with Gasteiger partial charge in [0.05, 0.1) is 11.3 Å². The van der Waals surface area contributed by atoms with Gasteiger partial charge in [-0.15, -0.1) is 0 Å². The van der Waals surface area contributed by atoms with E-state index in [1.807, 2.05) is 0 Å². The number of azide groups is 1. The zero-order chi connectivity index (χ0) is 11.3. The van der Waals surface area contributed by atoms with Crippen LogP contribution in [-0.2, 0) is 12.6 Å². The Hall–Kier alpha value is -1.75. The molecule has 15 heavy (non-hydrogen) atoms. The average molecular weight is 216 g/mol. The van der Waals surface area contributed by atoms with Crippen LogP contribution >= 0.6 is 0 Å². The molecule has 0 saturated carbocycles. The third kappa shape index (κ3) is 3.14. The number of nitrogens with zero attached hydrogens (tertiary/aromatic N) is 4. The van der Waals surface area contributed by atoms with Crippen molar-refractivity contribution < 1.29 is 13.2 Å². The number of pyridine rings is 1. The van der Waals surface area contributed by atoms with E-state index in [9.17, 15) is 13.2 Å². The normalized spacial score (nSPS) is 10.9. The summed E-state index contributed by atoms with van der Waals surface area (Å²) in [5.41, 5.74) is 7.11. The molecule has 0 unspecified atom stereocenters. The zero-order valence-corrected chi connectivity index (χ0v) is 7.57. The molecule has 1 rings (SSSR count). The minimum Gasteiger partial charge on any atom is -0.261 e. The summed E-state index contributed by atoms with van der Waals surface area (Å²) in [5, 5.41) is 3.16. The Bertz CT molecular complexity index is 382. The first kappa shape index (κ1) is 11.3. The van der Waals surface area contributed by atoms with Crippen LogP contribution < -0.4 is 0 Å². The van der Waals surface area contributed by atoms with Crippen LogP contribution in [0.5, 0.6) is 0 Å². The van der Waals surface area contributed by atoms with Crippen molar-refractivity contribution in [3.8, 4) is 0 Å². The second-order valence-corrected chi connectivity index (χ2v) is 2.70. The molecule has 0 aromatic carbocycles. The molecule has 0 radical (unpaired) electrons. The van der Waals surface area contributed by atoms with Crippen molar-refractivity contribution in [3.05, 3.63) is 40.0 Å². The SMILES string of the molecule is [N-]=[N+]=NCCc1ncccc1C(F)(F)F. The highest BCUT2D eigenvalue weighted by molar-refractivity contribution is 5.23. The first-order valence-corrected chi connectivity index (χ1v) is 4.07. The Labute approximate surface area is 83.4 Å². The number of halogens is 3. The summed E-state index contributed by atoms with van der Waals surface area (Å²) in [6.07, 6.45) is -3.15. The van der Waals surface area contributed by atoms with Crippen LogP contribution in [0.2, 0.25) is 0 Å². The molecule has 0 saturated heterocycles. The van der Waals surface area contributed by atoms with E-state index in [0.717, 1.165) is 6.07 Å². The fraction of sp³-hybridized carbons (Fsp3) is 0.375. The fourth-order valence-corrected chi connectivity index (χ4v) is 1.10. The molecule has 0 spiro atoms. The maximum absolute atomic E-state index is 12.4. The van der Waals surface area contributed by atoms with E-state index in [-0.39, 0.29) is 18.7 Å². The summed E-state index contributed by atoms with van der Waals surface area (Å²) in [6.45, 7) is -0.0312. The lowest BCUT2D eigenvalue weighted by molar-refractivity contribution is -0.138. The van der Waals surface area contributed by atoms with Gasteiger partial charge in [0.15, 0.2) is 0 Å². The van der Waals surface area contributed by atoms with E-state index in [1.165, 1.54) is 12.3 Å². The fourth-order valence-electron chi connectivity index (χ4n) is 1.10. The van der Waals surface area contributed by atoms with E-state index in [4.69, 9.17) is 5.53 Å². The molecule has 0 amide bonds. The third-order valence-corrected chi connectivity index (χ3v) is 1.71. The monoisotopic (exact) mass is 216 g/mol. The highest BCUT2D eigenvalue weighted by Gasteiger charge is 2.33. The minimum absolute atomic E-state index is 0.0141. The molecule has 0 aliphatic rings. The summed E-state index contributed by atoms with van der Waals surface area (Å²) < 4.78 is 37.2. The van der Waals surface area contributed by atoms with E-state index in [0.29, 0.717) is 0 Å². The first-order valence-electron chi connectivity index (χ1n) is 4.07. The van der Waals surface area contributed by atoms with E-state index < -0.39 is 11.7 Å². The average Bonchev–Trinajstić information content (AvgIpc) is 2.17. The van der Waals surface area contributed by atoms with Crippen LogP contribution in [0, 0.1) is 0 Å². The predicted octanol–water partition coefficient (Wildman–Crippen LogP) is 2.95. The van der Waals surface area contributed by atoms with Crippen LogP contribution in [0.25, 0.3) is 10.4 Å². The van der Waals surface area contributed by atoms with Crippen molar-refractivity contribution in [2.75, 3.05) is 6.54 Å². The second kappa shape index (κ2) is 4.65. The number of rotatable bonds is 3. The molecule has 0 N–H and O–H groups in total. The van der Waals surface area contributed by atoms with Crippen molar-refractivity contribution in [3.63, 3.8) is 0 Å². The van der Waals surface area contributed by atoms with Gasteiger partial charge in [0.25, 0.3) is 0 Å². The van der Waals surface area contributed by atoms with Crippen molar-refractivity contribution in [1.82, 2.24) is 4.98 Å². The summed E-state index contributed by atoms with van der Waals surface area (Å²) in [6, 6.07) is 2.18. The van der Waals surface area contributed by atoms with Crippen molar-refractivity contribution in [1.29, 1.82) is 0 Å². The summed E-state index contributed by atoms with van der Waals surface area (Å²) >= 11 is 0. The summed E-state index contributed by atoms with van der Waals surface area (Å²) in [5.74, 6) is 0. The van der Waals surface area contributed by atoms with Gasteiger partial charge >= 0.3 is 6.18 Å². The topological polar surface area (TPSA) is 61.7 Å². The van der Waals surface area contributed by atoms with Gasteiger partial charge in [0, 0.05) is 17.7 Å². The third-order valence-electron chi connectivity index (χ3n) is 1.71. The Morgan fingerprint density at radius 2 is 2.20 bits per heavy atom. The van der Waals surface area contributed by atoms with E-state index in [1.54, 1.807) is 0 Å². The van der Waals surface area contributed by atoms with Crippen LogP contribution in [0.3, 0.4) is 0 Å². The molecule has 1 heterocycles. The Balaban J connectivity index is 2.91. The Morgan fingerprint density at radius 3 is 2.80 bits per heavy atom. The smallest absolute Gasteiger partial charge is 0.261 e. The van der Waals surface area contributed by atoms with E-state index >= 15 is 0 Å². The predicted molar refractivity (Wildman–Crippen MR) is 47.0 cm³/mol.